The molecule has 2 nitrogen and oxygen atoms in total. The quantitative estimate of drug-likeness (QED) is 0.781. The smallest absolute Gasteiger partial charge is 0.0597 e. The first kappa shape index (κ1) is 9.00. The van der Waals surface area contributed by atoms with Crippen LogP contribution in [0.1, 0.15) is 5.56 Å². The molecule has 3 heteroatoms. The van der Waals surface area contributed by atoms with Crippen LogP contribution >= 0.6 is 11.6 Å². The van der Waals surface area contributed by atoms with E-state index in [1.54, 1.807) is 0 Å². The molecule has 0 aliphatic carbocycles. The van der Waals surface area contributed by atoms with Crippen LogP contribution in [0, 0.1) is 0 Å². The number of nitrogens with two attached hydrogens (primary N) is 1. The van der Waals surface area contributed by atoms with Gasteiger partial charge in [0.2, 0.25) is 0 Å². The lowest BCUT2D eigenvalue weighted by molar-refractivity contribution is -0.0550. The first-order chi connectivity index (χ1) is 6.27. The third kappa shape index (κ3) is 1.46. The van der Waals surface area contributed by atoms with Crippen molar-refractivity contribution in [1.82, 2.24) is 0 Å². The zero-order valence-corrected chi connectivity index (χ0v) is 8.05. The molecule has 0 spiro atoms. The Morgan fingerprint density at radius 3 is 2.69 bits per heavy atom. The summed E-state index contributed by atoms with van der Waals surface area (Å²) in [7, 11) is 0. The average Bonchev–Trinajstić information content (AvgIpc) is 2.03. The first-order valence-electron chi connectivity index (χ1n) is 4.31. The van der Waals surface area contributed by atoms with Crippen LogP contribution in [-0.2, 0) is 10.2 Å². The Bertz CT molecular complexity index is 304. The molecule has 1 aromatic carbocycles. The maximum Gasteiger partial charge on any atom is 0.0597 e. The third-order valence-corrected chi connectivity index (χ3v) is 2.82. The summed E-state index contributed by atoms with van der Waals surface area (Å²) >= 11 is 5.91. The molecule has 1 aliphatic heterocycles. The summed E-state index contributed by atoms with van der Waals surface area (Å²) in [5, 5.41) is 0.761. The van der Waals surface area contributed by atoms with Crippen LogP contribution < -0.4 is 5.73 Å². The van der Waals surface area contributed by atoms with Crippen LogP contribution in [0.4, 0.5) is 0 Å². The Hall–Kier alpha value is -0.570. The van der Waals surface area contributed by atoms with Gasteiger partial charge < -0.3 is 10.5 Å². The summed E-state index contributed by atoms with van der Waals surface area (Å²) < 4.78 is 5.20. The second kappa shape index (κ2) is 3.29. The molecule has 1 fully saturated rings. The lowest BCUT2D eigenvalue weighted by atomic mass is 9.79. The van der Waals surface area contributed by atoms with Crippen molar-refractivity contribution in [3.8, 4) is 0 Å². The lowest BCUT2D eigenvalue weighted by Crippen LogP contribution is -2.52. The molecule has 0 amide bonds. The maximum absolute atomic E-state index is 5.91. The number of rotatable bonds is 2. The van der Waals surface area contributed by atoms with E-state index in [0.29, 0.717) is 19.8 Å². The molecular weight excluding hydrogens is 186 g/mol. The Morgan fingerprint density at radius 1 is 1.46 bits per heavy atom. The summed E-state index contributed by atoms with van der Waals surface area (Å²) in [5.41, 5.74) is 6.94. The highest BCUT2D eigenvalue weighted by molar-refractivity contribution is 6.30. The minimum Gasteiger partial charge on any atom is -0.379 e. The van der Waals surface area contributed by atoms with Crippen LogP contribution in [0.25, 0.3) is 0 Å². The molecular formula is C10H12ClNO. The Labute approximate surface area is 82.6 Å². The van der Waals surface area contributed by atoms with Crippen LogP contribution in [0.5, 0.6) is 0 Å². The van der Waals surface area contributed by atoms with E-state index in [4.69, 9.17) is 22.1 Å². The molecule has 0 saturated carbocycles. The SMILES string of the molecule is NCC1(c2cccc(Cl)c2)COC1. The van der Waals surface area contributed by atoms with E-state index >= 15 is 0 Å². The summed E-state index contributed by atoms with van der Waals surface area (Å²) in [5.74, 6) is 0. The van der Waals surface area contributed by atoms with E-state index in [0.717, 1.165) is 5.02 Å². The predicted molar refractivity (Wildman–Crippen MR) is 53.0 cm³/mol. The second-order valence-corrected chi connectivity index (χ2v) is 3.92. The Kier molecular flexibility index (Phi) is 2.28. The molecule has 0 radical (unpaired) electrons. The summed E-state index contributed by atoms with van der Waals surface area (Å²) in [6.45, 7) is 2.04. The van der Waals surface area contributed by atoms with Crippen molar-refractivity contribution >= 4 is 11.6 Å². The van der Waals surface area contributed by atoms with Crippen molar-refractivity contribution in [2.75, 3.05) is 19.8 Å². The monoisotopic (exact) mass is 197 g/mol. The number of benzene rings is 1. The summed E-state index contributed by atoms with van der Waals surface area (Å²) in [6, 6.07) is 7.85. The van der Waals surface area contributed by atoms with Gasteiger partial charge in [0.05, 0.1) is 18.6 Å². The third-order valence-electron chi connectivity index (χ3n) is 2.58. The molecule has 0 atom stereocenters. The molecule has 0 bridgehead atoms. The Morgan fingerprint density at radius 2 is 2.23 bits per heavy atom. The van der Waals surface area contributed by atoms with Gasteiger partial charge in [0, 0.05) is 11.6 Å². The fraction of sp³-hybridized carbons (Fsp3) is 0.400. The molecule has 70 valence electrons. The fourth-order valence-corrected chi connectivity index (χ4v) is 1.76. The minimum atomic E-state index is 0.0187. The van der Waals surface area contributed by atoms with Crippen molar-refractivity contribution in [1.29, 1.82) is 0 Å². The number of ether oxygens (including phenoxy) is 1. The van der Waals surface area contributed by atoms with Gasteiger partial charge in [-0.3, -0.25) is 0 Å². The van der Waals surface area contributed by atoms with E-state index in [9.17, 15) is 0 Å². The highest BCUT2D eigenvalue weighted by Gasteiger charge is 2.38. The molecule has 1 saturated heterocycles. The molecule has 1 aliphatic rings. The van der Waals surface area contributed by atoms with Crippen LogP contribution in [0.2, 0.25) is 5.02 Å². The van der Waals surface area contributed by atoms with Gasteiger partial charge in [-0.1, -0.05) is 23.7 Å². The normalized spacial score (nSPS) is 19.5. The largest absolute Gasteiger partial charge is 0.379 e. The van der Waals surface area contributed by atoms with E-state index < -0.39 is 0 Å². The lowest BCUT2D eigenvalue weighted by Gasteiger charge is -2.41. The summed E-state index contributed by atoms with van der Waals surface area (Å²) in [6.07, 6.45) is 0. The van der Waals surface area contributed by atoms with Gasteiger partial charge in [-0.25, -0.2) is 0 Å². The standard InChI is InChI=1S/C10H12ClNO/c11-9-3-1-2-8(4-9)10(5-12)6-13-7-10/h1-4H,5-7,12H2. The van der Waals surface area contributed by atoms with Gasteiger partial charge in [-0.2, -0.15) is 0 Å². The molecule has 0 unspecified atom stereocenters. The van der Waals surface area contributed by atoms with Gasteiger partial charge in [0.15, 0.2) is 0 Å². The van der Waals surface area contributed by atoms with Gasteiger partial charge in [-0.15, -0.1) is 0 Å². The Balaban J connectivity index is 2.33. The van der Waals surface area contributed by atoms with Crippen molar-refractivity contribution in [2.24, 2.45) is 5.73 Å². The molecule has 2 rings (SSSR count). The fourth-order valence-electron chi connectivity index (χ4n) is 1.57. The van der Waals surface area contributed by atoms with Crippen molar-refractivity contribution in [3.05, 3.63) is 34.9 Å². The van der Waals surface area contributed by atoms with E-state index in [-0.39, 0.29) is 5.41 Å². The van der Waals surface area contributed by atoms with Gasteiger partial charge in [0.1, 0.15) is 0 Å². The number of hydrogen-bond donors (Lipinski definition) is 1. The highest BCUT2D eigenvalue weighted by atomic mass is 35.5. The minimum absolute atomic E-state index is 0.0187. The van der Waals surface area contributed by atoms with E-state index in [1.165, 1.54) is 5.56 Å². The second-order valence-electron chi connectivity index (χ2n) is 3.49. The van der Waals surface area contributed by atoms with Gasteiger partial charge in [0.25, 0.3) is 0 Å². The van der Waals surface area contributed by atoms with Crippen molar-refractivity contribution < 1.29 is 4.74 Å². The molecule has 0 aromatic heterocycles. The van der Waals surface area contributed by atoms with Gasteiger partial charge in [-0.05, 0) is 17.7 Å². The van der Waals surface area contributed by atoms with E-state index in [2.05, 4.69) is 6.07 Å². The molecule has 1 heterocycles. The zero-order chi connectivity index (χ0) is 9.31. The zero-order valence-electron chi connectivity index (χ0n) is 7.29. The average molecular weight is 198 g/mol. The van der Waals surface area contributed by atoms with Crippen molar-refractivity contribution in [2.45, 2.75) is 5.41 Å². The summed E-state index contributed by atoms with van der Waals surface area (Å²) in [4.78, 5) is 0. The highest BCUT2D eigenvalue weighted by Crippen LogP contribution is 2.32. The maximum atomic E-state index is 5.91. The molecule has 1 aromatic rings. The predicted octanol–water partition coefficient (Wildman–Crippen LogP) is 1.57. The molecule has 13 heavy (non-hydrogen) atoms. The van der Waals surface area contributed by atoms with Crippen LogP contribution in [-0.4, -0.2) is 19.8 Å². The van der Waals surface area contributed by atoms with Crippen LogP contribution in [0.15, 0.2) is 24.3 Å². The number of halogens is 1. The number of hydrogen-bond acceptors (Lipinski definition) is 2. The van der Waals surface area contributed by atoms with Crippen molar-refractivity contribution in [3.63, 3.8) is 0 Å². The van der Waals surface area contributed by atoms with E-state index in [1.807, 2.05) is 18.2 Å². The first-order valence-corrected chi connectivity index (χ1v) is 4.68. The van der Waals surface area contributed by atoms with Gasteiger partial charge >= 0.3 is 0 Å². The van der Waals surface area contributed by atoms with Crippen LogP contribution in [0.3, 0.4) is 0 Å². The molecule has 2 N–H and O–H groups in total. The topological polar surface area (TPSA) is 35.2 Å².